The molecule has 0 saturated heterocycles. The molecule has 2 aromatic rings. The summed E-state index contributed by atoms with van der Waals surface area (Å²) in [4.78, 5) is 4.34. The van der Waals surface area contributed by atoms with Gasteiger partial charge in [-0.25, -0.2) is 0 Å². The molecule has 0 aliphatic heterocycles. The van der Waals surface area contributed by atoms with Crippen molar-refractivity contribution in [2.45, 2.75) is 0 Å². The van der Waals surface area contributed by atoms with E-state index >= 15 is 0 Å². The Kier molecular flexibility index (Phi) is 2.31. The zero-order chi connectivity index (χ0) is 9.26. The Hall–Kier alpha value is -0.901. The van der Waals surface area contributed by atoms with E-state index in [9.17, 15) is 0 Å². The maximum atomic E-state index is 5.46. The Bertz CT molecular complexity index is 418. The fraction of sp³-hybridized carbons (Fsp3) is 0. The summed E-state index contributed by atoms with van der Waals surface area (Å²) in [7, 11) is 0. The van der Waals surface area contributed by atoms with Crippen molar-refractivity contribution in [2.75, 3.05) is 5.32 Å². The standard InChI is InChI=1S/C8H7N3SSe/c9-7(13)11-8-10-5-3-1-2-4-6(5)12-8/h1-4H,(H3,9,10,11,13). The molecular formula is C8H7N3SSe. The van der Waals surface area contributed by atoms with E-state index in [0.29, 0.717) is 4.67 Å². The number of thiazole rings is 1. The molecule has 0 saturated carbocycles. The number of hydrogen-bond acceptors (Lipinski definition) is 4. The number of fused-ring (bicyclic) bond motifs is 1. The Balaban J connectivity index is 2.44. The number of hydrogen-bond donors (Lipinski definition) is 2. The summed E-state index contributed by atoms with van der Waals surface area (Å²) >= 11 is 4.27. The van der Waals surface area contributed by atoms with Crippen molar-refractivity contribution in [1.82, 2.24) is 4.98 Å². The van der Waals surface area contributed by atoms with Gasteiger partial charge in [-0.05, 0) is 0 Å². The summed E-state index contributed by atoms with van der Waals surface area (Å²) in [6, 6.07) is 7.98. The zero-order valence-corrected chi connectivity index (χ0v) is 9.18. The quantitative estimate of drug-likeness (QED) is 0.786. The van der Waals surface area contributed by atoms with E-state index < -0.39 is 0 Å². The Labute approximate surface area is 87.3 Å². The van der Waals surface area contributed by atoms with Crippen molar-refractivity contribution in [1.29, 1.82) is 0 Å². The average molecular weight is 256 g/mol. The van der Waals surface area contributed by atoms with Crippen LogP contribution in [-0.2, 0) is 0 Å². The molecule has 0 unspecified atom stereocenters. The summed E-state index contributed by atoms with van der Waals surface area (Å²) in [6.45, 7) is 0. The van der Waals surface area contributed by atoms with Crippen molar-refractivity contribution in [2.24, 2.45) is 5.73 Å². The van der Waals surface area contributed by atoms with E-state index in [4.69, 9.17) is 5.73 Å². The number of nitrogens with two attached hydrogens (primary N) is 1. The molecular weight excluding hydrogens is 249 g/mol. The van der Waals surface area contributed by atoms with E-state index in [1.165, 1.54) is 0 Å². The fourth-order valence-corrected chi connectivity index (χ4v) is 2.26. The third-order valence-corrected chi connectivity index (χ3v) is 2.69. The van der Waals surface area contributed by atoms with E-state index in [-0.39, 0.29) is 0 Å². The molecule has 0 atom stereocenters. The summed E-state index contributed by atoms with van der Waals surface area (Å²) < 4.78 is 1.70. The topological polar surface area (TPSA) is 50.9 Å². The molecule has 66 valence electrons. The van der Waals surface area contributed by atoms with Gasteiger partial charge >= 0.3 is 87.2 Å². The van der Waals surface area contributed by atoms with Crippen LogP contribution >= 0.6 is 11.3 Å². The van der Waals surface area contributed by atoms with E-state index in [0.717, 1.165) is 15.3 Å². The molecule has 0 aliphatic carbocycles. The van der Waals surface area contributed by atoms with Crippen LogP contribution in [-0.4, -0.2) is 25.2 Å². The Morgan fingerprint density at radius 3 is 2.92 bits per heavy atom. The normalized spacial score (nSPS) is 10.2. The summed E-state index contributed by atoms with van der Waals surface area (Å²) in [6.07, 6.45) is 0. The van der Waals surface area contributed by atoms with Crippen LogP contribution in [0.15, 0.2) is 24.3 Å². The molecule has 0 spiro atoms. The number of nitrogens with zero attached hydrogens (tertiary/aromatic N) is 1. The second kappa shape index (κ2) is 3.46. The molecule has 1 aromatic heterocycles. The predicted molar refractivity (Wildman–Crippen MR) is 58.2 cm³/mol. The third kappa shape index (κ3) is 1.88. The van der Waals surface area contributed by atoms with Crippen molar-refractivity contribution in [3.63, 3.8) is 0 Å². The Morgan fingerprint density at radius 1 is 1.46 bits per heavy atom. The van der Waals surface area contributed by atoms with E-state index in [1.807, 2.05) is 24.3 Å². The van der Waals surface area contributed by atoms with Crippen LogP contribution in [0.25, 0.3) is 10.2 Å². The number of anilines is 1. The third-order valence-electron chi connectivity index (χ3n) is 1.52. The number of rotatable bonds is 2. The first-order chi connectivity index (χ1) is 6.25. The van der Waals surface area contributed by atoms with Crippen LogP contribution in [0.1, 0.15) is 0 Å². The molecule has 1 heterocycles. The molecule has 5 heteroatoms. The van der Waals surface area contributed by atoms with Gasteiger partial charge in [0.1, 0.15) is 0 Å². The molecule has 1 aromatic carbocycles. The second-order valence-electron chi connectivity index (χ2n) is 2.48. The summed E-state index contributed by atoms with van der Waals surface area (Å²) in [5.74, 6) is 0. The van der Waals surface area contributed by atoms with Crippen LogP contribution in [0.3, 0.4) is 0 Å². The zero-order valence-electron chi connectivity index (χ0n) is 6.65. The van der Waals surface area contributed by atoms with Crippen LogP contribution in [0.5, 0.6) is 0 Å². The first-order valence-corrected chi connectivity index (χ1v) is 5.35. The van der Waals surface area contributed by atoms with Gasteiger partial charge in [0.15, 0.2) is 0 Å². The van der Waals surface area contributed by atoms with Gasteiger partial charge in [-0.15, -0.1) is 0 Å². The van der Waals surface area contributed by atoms with Crippen molar-refractivity contribution in [3.8, 4) is 0 Å². The first kappa shape index (κ1) is 8.69. The van der Waals surface area contributed by atoms with Crippen molar-refractivity contribution >= 4 is 46.9 Å². The molecule has 2 rings (SSSR count). The van der Waals surface area contributed by atoms with E-state index in [1.54, 1.807) is 11.3 Å². The Morgan fingerprint density at radius 2 is 2.23 bits per heavy atom. The van der Waals surface area contributed by atoms with Crippen molar-refractivity contribution in [3.05, 3.63) is 24.3 Å². The monoisotopic (exact) mass is 257 g/mol. The minimum atomic E-state index is 0.541. The van der Waals surface area contributed by atoms with Crippen molar-refractivity contribution < 1.29 is 0 Å². The van der Waals surface area contributed by atoms with Crippen LogP contribution in [0.2, 0.25) is 0 Å². The van der Waals surface area contributed by atoms with Crippen LogP contribution < -0.4 is 11.1 Å². The first-order valence-electron chi connectivity index (χ1n) is 3.68. The minimum absolute atomic E-state index is 0.541. The summed E-state index contributed by atoms with van der Waals surface area (Å²) in [5.41, 5.74) is 6.46. The molecule has 0 radical (unpaired) electrons. The van der Waals surface area contributed by atoms with E-state index in [2.05, 4.69) is 25.9 Å². The predicted octanol–water partition coefficient (Wildman–Crippen LogP) is 0.923. The second-order valence-corrected chi connectivity index (χ2v) is 4.43. The van der Waals surface area contributed by atoms with Gasteiger partial charge in [-0.2, -0.15) is 0 Å². The molecule has 3 N–H and O–H groups in total. The molecule has 0 fully saturated rings. The molecule has 0 aliphatic rings. The van der Waals surface area contributed by atoms with Gasteiger partial charge in [0.25, 0.3) is 0 Å². The molecule has 13 heavy (non-hydrogen) atoms. The number of benzene rings is 1. The molecule has 0 bridgehead atoms. The molecule has 0 amide bonds. The van der Waals surface area contributed by atoms with Gasteiger partial charge < -0.3 is 0 Å². The summed E-state index contributed by atoms with van der Waals surface area (Å²) in [5, 5.41) is 3.76. The van der Waals surface area contributed by atoms with Gasteiger partial charge in [-0.3, -0.25) is 0 Å². The van der Waals surface area contributed by atoms with Crippen LogP contribution in [0.4, 0.5) is 5.13 Å². The maximum absolute atomic E-state index is 5.46. The van der Waals surface area contributed by atoms with Gasteiger partial charge in [-0.1, -0.05) is 0 Å². The number of nitrogens with one attached hydrogen (secondary N) is 1. The fourth-order valence-electron chi connectivity index (χ4n) is 1.03. The van der Waals surface area contributed by atoms with Gasteiger partial charge in [0.2, 0.25) is 0 Å². The average Bonchev–Trinajstić information content (AvgIpc) is 2.44. The number of aromatic nitrogens is 1. The van der Waals surface area contributed by atoms with Crippen LogP contribution in [0, 0.1) is 0 Å². The number of para-hydroxylation sites is 1. The SMILES string of the molecule is NC(=[Se])Nc1nc2ccccc2s1. The van der Waals surface area contributed by atoms with Gasteiger partial charge in [0, 0.05) is 0 Å². The van der Waals surface area contributed by atoms with Gasteiger partial charge in [0.05, 0.1) is 0 Å². The molecule has 3 nitrogen and oxygen atoms in total.